The van der Waals surface area contributed by atoms with Crippen molar-refractivity contribution in [3.8, 4) is 5.75 Å². The maximum absolute atomic E-state index is 10.8. The van der Waals surface area contributed by atoms with Crippen LogP contribution in [0.25, 0.3) is 10.9 Å². The van der Waals surface area contributed by atoms with Gasteiger partial charge in [-0.25, -0.2) is 9.78 Å². The zero-order valence-electron chi connectivity index (χ0n) is 8.40. The van der Waals surface area contributed by atoms with E-state index in [9.17, 15) is 4.79 Å². The lowest BCUT2D eigenvalue weighted by atomic mass is 10.1. The van der Waals surface area contributed by atoms with Crippen LogP contribution in [-0.2, 0) is 0 Å². The predicted octanol–water partition coefficient (Wildman–Crippen LogP) is 2.59. The predicted molar refractivity (Wildman–Crippen MR) is 60.3 cm³/mol. The molecule has 0 atom stereocenters. The number of hydrogen-bond donors (Lipinski definition) is 1. The number of hydrogen-bond acceptors (Lipinski definition) is 3. The van der Waals surface area contributed by atoms with Crippen LogP contribution in [0.1, 0.15) is 10.4 Å². The van der Waals surface area contributed by atoms with Gasteiger partial charge in [0, 0.05) is 11.5 Å². The Balaban J connectivity index is 2.68. The summed E-state index contributed by atoms with van der Waals surface area (Å²) in [7, 11) is 1.55. The fourth-order valence-electron chi connectivity index (χ4n) is 1.40. The van der Waals surface area contributed by atoms with E-state index in [1.54, 1.807) is 25.3 Å². The maximum Gasteiger partial charge on any atom is 0.338 e. The van der Waals surface area contributed by atoms with Gasteiger partial charge in [0.05, 0.1) is 18.2 Å². The monoisotopic (exact) mass is 237 g/mol. The number of benzene rings is 1. The molecule has 0 fully saturated rings. The second kappa shape index (κ2) is 3.98. The molecular formula is C11H8ClNO3. The molecule has 5 heteroatoms. The molecule has 2 rings (SSSR count). The topological polar surface area (TPSA) is 59.4 Å². The van der Waals surface area contributed by atoms with Crippen molar-refractivity contribution in [2.45, 2.75) is 0 Å². The largest absolute Gasteiger partial charge is 0.497 e. The maximum atomic E-state index is 10.8. The number of halogens is 1. The average molecular weight is 238 g/mol. The minimum atomic E-state index is -1.09. The first kappa shape index (κ1) is 10.7. The first-order valence-electron chi connectivity index (χ1n) is 4.49. The Morgan fingerprint density at radius 3 is 2.81 bits per heavy atom. The summed E-state index contributed by atoms with van der Waals surface area (Å²) in [5.41, 5.74) is 0.605. The molecule has 0 saturated carbocycles. The van der Waals surface area contributed by atoms with Crippen LogP contribution < -0.4 is 4.74 Å². The van der Waals surface area contributed by atoms with Crippen LogP contribution in [0.3, 0.4) is 0 Å². The summed E-state index contributed by atoms with van der Waals surface area (Å²) in [6, 6.07) is 6.67. The number of methoxy groups -OCH3 is 1. The fraction of sp³-hybridized carbons (Fsp3) is 0.0909. The summed E-state index contributed by atoms with van der Waals surface area (Å²) >= 11 is 5.76. The molecule has 0 aliphatic rings. The molecule has 82 valence electrons. The molecular weight excluding hydrogens is 230 g/mol. The van der Waals surface area contributed by atoms with Crippen molar-refractivity contribution in [2.24, 2.45) is 0 Å². The van der Waals surface area contributed by atoms with E-state index in [0.717, 1.165) is 0 Å². The number of ether oxygens (including phenoxy) is 1. The number of aromatic carboxylic acids is 1. The van der Waals surface area contributed by atoms with Crippen LogP contribution in [0.4, 0.5) is 0 Å². The Morgan fingerprint density at radius 2 is 2.19 bits per heavy atom. The molecule has 0 spiro atoms. The molecule has 1 heterocycles. The first-order valence-corrected chi connectivity index (χ1v) is 4.87. The standard InChI is InChI=1S/C11H8ClNO3/c1-16-7-3-2-6-4-8(11(14)15)10(12)13-9(6)5-7/h2-5H,1H3,(H,14,15). The van der Waals surface area contributed by atoms with Crippen molar-refractivity contribution in [2.75, 3.05) is 7.11 Å². The summed E-state index contributed by atoms with van der Waals surface area (Å²) in [4.78, 5) is 14.8. The number of nitrogens with zero attached hydrogens (tertiary/aromatic N) is 1. The molecule has 0 radical (unpaired) electrons. The number of carboxylic acid groups (broad SMARTS) is 1. The van der Waals surface area contributed by atoms with Crippen molar-refractivity contribution in [3.05, 3.63) is 35.0 Å². The van der Waals surface area contributed by atoms with Crippen LogP contribution in [-0.4, -0.2) is 23.2 Å². The van der Waals surface area contributed by atoms with Crippen molar-refractivity contribution < 1.29 is 14.6 Å². The van der Waals surface area contributed by atoms with E-state index in [-0.39, 0.29) is 10.7 Å². The van der Waals surface area contributed by atoms with Crippen molar-refractivity contribution in [3.63, 3.8) is 0 Å². The number of carboxylic acids is 1. The second-order valence-corrected chi connectivity index (χ2v) is 3.55. The second-order valence-electron chi connectivity index (χ2n) is 3.19. The molecule has 0 aliphatic carbocycles. The molecule has 1 aromatic heterocycles. The normalized spacial score (nSPS) is 10.4. The minimum absolute atomic E-state index is 0.000617. The van der Waals surface area contributed by atoms with Gasteiger partial charge in [-0.3, -0.25) is 0 Å². The van der Waals surface area contributed by atoms with Crippen molar-refractivity contribution >= 4 is 28.5 Å². The van der Waals surface area contributed by atoms with Gasteiger partial charge in [0.25, 0.3) is 0 Å². The van der Waals surface area contributed by atoms with Gasteiger partial charge < -0.3 is 9.84 Å². The molecule has 16 heavy (non-hydrogen) atoms. The summed E-state index contributed by atoms with van der Waals surface area (Å²) in [5, 5.41) is 9.57. The third kappa shape index (κ3) is 1.79. The van der Waals surface area contributed by atoms with Crippen LogP contribution in [0.15, 0.2) is 24.3 Å². The summed E-state index contributed by atoms with van der Waals surface area (Å²) < 4.78 is 5.04. The molecule has 0 saturated heterocycles. The van der Waals surface area contributed by atoms with Crippen LogP contribution >= 0.6 is 11.6 Å². The smallest absolute Gasteiger partial charge is 0.338 e. The number of fused-ring (bicyclic) bond motifs is 1. The molecule has 0 unspecified atom stereocenters. The summed E-state index contributed by atoms with van der Waals surface area (Å²) in [6.45, 7) is 0. The van der Waals surface area contributed by atoms with E-state index < -0.39 is 5.97 Å². The molecule has 0 aliphatic heterocycles. The summed E-state index contributed by atoms with van der Waals surface area (Å²) in [5.74, 6) is -0.436. The molecule has 0 bridgehead atoms. The molecule has 2 aromatic rings. The Kier molecular flexibility index (Phi) is 2.66. The number of aromatic nitrogens is 1. The summed E-state index contributed by atoms with van der Waals surface area (Å²) in [6.07, 6.45) is 0. The zero-order chi connectivity index (χ0) is 11.7. The third-order valence-electron chi connectivity index (χ3n) is 2.21. The van der Waals surface area contributed by atoms with Gasteiger partial charge in [-0.2, -0.15) is 0 Å². The number of pyridine rings is 1. The van der Waals surface area contributed by atoms with Gasteiger partial charge in [0.1, 0.15) is 10.9 Å². The first-order chi connectivity index (χ1) is 7.61. The third-order valence-corrected chi connectivity index (χ3v) is 2.50. The highest BCUT2D eigenvalue weighted by Gasteiger charge is 2.11. The lowest BCUT2D eigenvalue weighted by Gasteiger charge is -2.04. The van der Waals surface area contributed by atoms with E-state index >= 15 is 0 Å². The molecule has 1 aromatic carbocycles. The Hall–Kier alpha value is -1.81. The lowest BCUT2D eigenvalue weighted by molar-refractivity contribution is 0.0697. The molecule has 4 nitrogen and oxygen atoms in total. The molecule has 1 N–H and O–H groups in total. The van der Waals surface area contributed by atoms with Crippen molar-refractivity contribution in [1.82, 2.24) is 4.98 Å². The lowest BCUT2D eigenvalue weighted by Crippen LogP contribution is -1.99. The van der Waals surface area contributed by atoms with E-state index in [2.05, 4.69) is 4.98 Å². The highest BCUT2D eigenvalue weighted by molar-refractivity contribution is 6.32. The van der Waals surface area contributed by atoms with Crippen molar-refractivity contribution in [1.29, 1.82) is 0 Å². The van der Waals surface area contributed by atoms with Gasteiger partial charge in [-0.05, 0) is 18.2 Å². The van der Waals surface area contributed by atoms with E-state index in [1.807, 2.05) is 0 Å². The van der Waals surface area contributed by atoms with Gasteiger partial charge in [-0.15, -0.1) is 0 Å². The van der Waals surface area contributed by atoms with Crippen LogP contribution in [0.5, 0.6) is 5.75 Å². The zero-order valence-corrected chi connectivity index (χ0v) is 9.15. The SMILES string of the molecule is COc1ccc2cc(C(=O)O)c(Cl)nc2c1. The average Bonchev–Trinajstić information content (AvgIpc) is 2.27. The van der Waals surface area contributed by atoms with Gasteiger partial charge in [-0.1, -0.05) is 11.6 Å². The van der Waals surface area contributed by atoms with E-state index in [1.165, 1.54) is 6.07 Å². The Bertz CT molecular complexity index is 568. The van der Waals surface area contributed by atoms with Gasteiger partial charge in [0.15, 0.2) is 0 Å². The minimum Gasteiger partial charge on any atom is -0.497 e. The molecule has 0 amide bonds. The van der Waals surface area contributed by atoms with Crippen LogP contribution in [0.2, 0.25) is 5.15 Å². The Labute approximate surface area is 96.4 Å². The van der Waals surface area contributed by atoms with Crippen LogP contribution in [0, 0.1) is 0 Å². The fourth-order valence-corrected chi connectivity index (χ4v) is 1.63. The number of carbonyl (C=O) groups is 1. The quantitative estimate of drug-likeness (QED) is 0.816. The van der Waals surface area contributed by atoms with Gasteiger partial charge in [0.2, 0.25) is 0 Å². The highest BCUT2D eigenvalue weighted by atomic mass is 35.5. The van der Waals surface area contributed by atoms with E-state index in [4.69, 9.17) is 21.4 Å². The Morgan fingerprint density at radius 1 is 1.44 bits per heavy atom. The van der Waals surface area contributed by atoms with Gasteiger partial charge >= 0.3 is 5.97 Å². The van der Waals surface area contributed by atoms with E-state index in [0.29, 0.717) is 16.7 Å². The number of rotatable bonds is 2. The highest BCUT2D eigenvalue weighted by Crippen LogP contribution is 2.24.